The van der Waals surface area contributed by atoms with Crippen molar-refractivity contribution in [3.05, 3.63) is 17.6 Å². The van der Waals surface area contributed by atoms with Crippen molar-refractivity contribution in [2.45, 2.75) is 52.1 Å². The van der Waals surface area contributed by atoms with Gasteiger partial charge in [0, 0.05) is 30.9 Å². The van der Waals surface area contributed by atoms with Crippen LogP contribution in [0.2, 0.25) is 0 Å². The molecule has 0 spiro atoms. The minimum atomic E-state index is 0.798. The van der Waals surface area contributed by atoms with Gasteiger partial charge < -0.3 is 5.32 Å². The highest BCUT2D eigenvalue weighted by atomic mass is 15.2. The molecule has 0 unspecified atom stereocenters. The van der Waals surface area contributed by atoms with Gasteiger partial charge in [0.1, 0.15) is 11.6 Å². The van der Waals surface area contributed by atoms with Gasteiger partial charge >= 0.3 is 0 Å². The molecule has 1 aromatic rings. The second-order valence-corrected chi connectivity index (χ2v) is 5.95. The van der Waals surface area contributed by atoms with Gasteiger partial charge in [-0.25, -0.2) is 9.97 Å². The fraction of sp³-hybridized carbons (Fsp3) is 0.733. The van der Waals surface area contributed by atoms with E-state index in [1.54, 1.807) is 0 Å². The number of hydrogen-bond donors (Lipinski definition) is 1. The van der Waals surface area contributed by atoms with Crippen LogP contribution in [0.1, 0.15) is 44.1 Å². The average Bonchev–Trinajstić information content (AvgIpc) is 3.23. The molecule has 0 atom stereocenters. The first-order chi connectivity index (χ1) is 9.24. The maximum atomic E-state index is 4.64. The van der Waals surface area contributed by atoms with Crippen LogP contribution in [0, 0.1) is 12.8 Å². The topological polar surface area (TPSA) is 41.1 Å². The molecular formula is C15H24N4. The molecule has 3 rings (SSSR count). The molecule has 1 N–H and O–H groups in total. The van der Waals surface area contributed by atoms with Crippen molar-refractivity contribution in [2.24, 2.45) is 5.92 Å². The Kier molecular flexibility index (Phi) is 3.69. The van der Waals surface area contributed by atoms with Crippen molar-refractivity contribution in [3.8, 4) is 0 Å². The minimum absolute atomic E-state index is 0.798. The van der Waals surface area contributed by atoms with E-state index in [0.717, 1.165) is 42.4 Å². The third kappa shape index (κ3) is 3.66. The van der Waals surface area contributed by atoms with E-state index in [-0.39, 0.29) is 0 Å². The Bertz CT molecular complexity index is 438. The molecule has 2 aliphatic carbocycles. The first-order valence-electron chi connectivity index (χ1n) is 7.57. The number of nitrogens with one attached hydrogen (secondary N) is 1. The Labute approximate surface area is 115 Å². The van der Waals surface area contributed by atoms with Gasteiger partial charge in [0.2, 0.25) is 0 Å². The van der Waals surface area contributed by atoms with Crippen LogP contribution < -0.4 is 5.32 Å². The maximum absolute atomic E-state index is 4.64. The van der Waals surface area contributed by atoms with Gasteiger partial charge in [0.15, 0.2) is 0 Å². The van der Waals surface area contributed by atoms with Crippen molar-refractivity contribution < 1.29 is 0 Å². The third-order valence-corrected chi connectivity index (χ3v) is 3.86. The number of aryl methyl sites for hydroxylation is 1. The molecule has 2 fully saturated rings. The Morgan fingerprint density at radius 1 is 1.26 bits per heavy atom. The zero-order chi connectivity index (χ0) is 13.2. The lowest BCUT2D eigenvalue weighted by atomic mass is 10.3. The van der Waals surface area contributed by atoms with Gasteiger partial charge in [0.05, 0.1) is 6.54 Å². The predicted molar refractivity (Wildman–Crippen MR) is 77.1 cm³/mol. The van der Waals surface area contributed by atoms with E-state index in [1.165, 1.54) is 32.2 Å². The molecule has 0 bridgehead atoms. The maximum Gasteiger partial charge on any atom is 0.144 e. The third-order valence-electron chi connectivity index (χ3n) is 3.86. The van der Waals surface area contributed by atoms with Crippen LogP contribution in [-0.4, -0.2) is 34.0 Å². The normalized spacial score (nSPS) is 18.9. The number of hydrogen-bond acceptors (Lipinski definition) is 4. The van der Waals surface area contributed by atoms with Crippen LogP contribution in [0.4, 0.5) is 5.82 Å². The molecule has 4 nitrogen and oxygen atoms in total. The van der Waals surface area contributed by atoms with E-state index in [2.05, 4.69) is 27.1 Å². The van der Waals surface area contributed by atoms with E-state index in [4.69, 9.17) is 0 Å². The molecule has 0 aliphatic heterocycles. The lowest BCUT2D eigenvalue weighted by molar-refractivity contribution is 0.238. The zero-order valence-corrected chi connectivity index (χ0v) is 12.0. The molecule has 0 aromatic carbocycles. The predicted octanol–water partition coefficient (Wildman–Crippen LogP) is 2.59. The lowest BCUT2D eigenvalue weighted by Crippen LogP contribution is -2.29. The van der Waals surface area contributed by atoms with E-state index < -0.39 is 0 Å². The quantitative estimate of drug-likeness (QED) is 0.818. The summed E-state index contributed by atoms with van der Waals surface area (Å²) < 4.78 is 0. The van der Waals surface area contributed by atoms with Crippen LogP contribution in [0.25, 0.3) is 0 Å². The molecule has 4 heteroatoms. The summed E-state index contributed by atoms with van der Waals surface area (Å²) in [7, 11) is 0. The van der Waals surface area contributed by atoms with Crippen LogP contribution in [-0.2, 0) is 6.54 Å². The second kappa shape index (κ2) is 5.45. The second-order valence-electron chi connectivity index (χ2n) is 5.95. The molecule has 0 saturated heterocycles. The van der Waals surface area contributed by atoms with Crippen molar-refractivity contribution in [2.75, 3.05) is 18.4 Å². The first-order valence-corrected chi connectivity index (χ1v) is 7.57. The molecule has 0 radical (unpaired) electrons. The SMILES string of the molecule is CCNc1cc(C)nc(CN(CC2CC2)C2CC2)n1. The van der Waals surface area contributed by atoms with Crippen LogP contribution >= 0.6 is 0 Å². The minimum Gasteiger partial charge on any atom is -0.370 e. The molecular weight excluding hydrogens is 236 g/mol. The lowest BCUT2D eigenvalue weighted by Gasteiger charge is -2.21. The number of aromatic nitrogens is 2. The van der Waals surface area contributed by atoms with E-state index >= 15 is 0 Å². The summed E-state index contributed by atoms with van der Waals surface area (Å²) in [4.78, 5) is 11.8. The number of anilines is 1. The highest BCUT2D eigenvalue weighted by molar-refractivity contribution is 5.35. The fourth-order valence-corrected chi connectivity index (χ4v) is 2.57. The Hall–Kier alpha value is -1.16. The first kappa shape index (κ1) is 12.9. The summed E-state index contributed by atoms with van der Waals surface area (Å²) in [6.07, 6.45) is 5.55. The highest BCUT2D eigenvalue weighted by Gasteiger charge is 2.34. The standard InChI is InChI=1S/C15H24N4/c1-3-16-14-8-11(2)17-15(18-14)10-19(13-6-7-13)9-12-4-5-12/h8,12-13H,3-7,9-10H2,1-2H3,(H,16,17,18). The zero-order valence-electron chi connectivity index (χ0n) is 12.0. The van der Waals surface area contributed by atoms with Gasteiger partial charge in [-0.15, -0.1) is 0 Å². The van der Waals surface area contributed by atoms with Gasteiger partial charge in [-0.2, -0.15) is 0 Å². The van der Waals surface area contributed by atoms with Crippen LogP contribution in [0.5, 0.6) is 0 Å². The fourth-order valence-electron chi connectivity index (χ4n) is 2.57. The smallest absolute Gasteiger partial charge is 0.144 e. The van der Waals surface area contributed by atoms with Gasteiger partial charge in [-0.05, 0) is 45.4 Å². The molecule has 1 heterocycles. The molecule has 0 amide bonds. The average molecular weight is 260 g/mol. The van der Waals surface area contributed by atoms with Crippen molar-refractivity contribution in [3.63, 3.8) is 0 Å². The summed E-state index contributed by atoms with van der Waals surface area (Å²) in [5, 5.41) is 3.29. The highest BCUT2D eigenvalue weighted by Crippen LogP contribution is 2.35. The summed E-state index contributed by atoms with van der Waals surface area (Å²) in [6.45, 7) is 7.22. The summed E-state index contributed by atoms with van der Waals surface area (Å²) in [5.41, 5.74) is 1.06. The summed E-state index contributed by atoms with van der Waals surface area (Å²) in [6, 6.07) is 2.82. The van der Waals surface area contributed by atoms with E-state index in [9.17, 15) is 0 Å². The Balaban J connectivity index is 1.68. The van der Waals surface area contributed by atoms with Crippen molar-refractivity contribution in [1.29, 1.82) is 0 Å². The van der Waals surface area contributed by atoms with Gasteiger partial charge in [0.25, 0.3) is 0 Å². The molecule has 104 valence electrons. The van der Waals surface area contributed by atoms with Crippen LogP contribution in [0.3, 0.4) is 0 Å². The Morgan fingerprint density at radius 3 is 2.68 bits per heavy atom. The number of rotatable bonds is 7. The number of nitrogens with zero attached hydrogens (tertiary/aromatic N) is 3. The van der Waals surface area contributed by atoms with E-state index in [1.807, 2.05) is 13.0 Å². The summed E-state index contributed by atoms with van der Waals surface area (Å²) in [5.74, 6) is 2.88. The van der Waals surface area contributed by atoms with Gasteiger partial charge in [-0.3, -0.25) is 4.90 Å². The van der Waals surface area contributed by atoms with E-state index in [0.29, 0.717) is 0 Å². The van der Waals surface area contributed by atoms with Crippen molar-refractivity contribution in [1.82, 2.24) is 14.9 Å². The van der Waals surface area contributed by atoms with Crippen LogP contribution in [0.15, 0.2) is 6.07 Å². The summed E-state index contributed by atoms with van der Waals surface area (Å²) >= 11 is 0. The monoisotopic (exact) mass is 260 g/mol. The Morgan fingerprint density at radius 2 is 2.05 bits per heavy atom. The largest absolute Gasteiger partial charge is 0.370 e. The van der Waals surface area contributed by atoms with Gasteiger partial charge in [-0.1, -0.05) is 0 Å². The molecule has 1 aromatic heterocycles. The molecule has 19 heavy (non-hydrogen) atoms. The molecule has 2 aliphatic rings. The molecule has 2 saturated carbocycles. The van der Waals surface area contributed by atoms with Crippen molar-refractivity contribution >= 4 is 5.82 Å².